The van der Waals surface area contributed by atoms with Crippen LogP contribution in [0.2, 0.25) is 0 Å². The molecule has 1 aromatic carbocycles. The van der Waals surface area contributed by atoms with E-state index in [1.54, 1.807) is 18.4 Å². The van der Waals surface area contributed by atoms with Crippen molar-refractivity contribution < 1.29 is 9.53 Å². The molecule has 3 nitrogen and oxygen atoms in total. The second-order valence-corrected chi connectivity index (χ2v) is 5.90. The van der Waals surface area contributed by atoms with Crippen LogP contribution < -0.4 is 10.1 Å². The van der Waals surface area contributed by atoms with Crippen LogP contribution in [-0.4, -0.2) is 19.1 Å². The van der Waals surface area contributed by atoms with Gasteiger partial charge in [0.25, 0.3) is 5.91 Å². The molecule has 0 radical (unpaired) electrons. The highest BCUT2D eigenvalue weighted by molar-refractivity contribution is 7.19. The summed E-state index contributed by atoms with van der Waals surface area (Å²) in [6, 6.07) is 6.26. The fraction of sp³-hybridized carbons (Fsp3) is 0.357. The summed E-state index contributed by atoms with van der Waals surface area (Å²) < 4.78 is 6.32. The monoisotopic (exact) mass is 261 g/mol. The molecule has 0 atom stereocenters. The molecule has 94 valence electrons. The molecular formula is C14H15NO2S. The number of amides is 1. The van der Waals surface area contributed by atoms with E-state index in [4.69, 9.17) is 4.74 Å². The first-order valence-electron chi connectivity index (χ1n) is 6.07. The lowest BCUT2D eigenvalue weighted by Crippen LogP contribution is -2.25. The summed E-state index contributed by atoms with van der Waals surface area (Å²) in [4.78, 5) is 13.3. The molecule has 1 saturated carbocycles. The Bertz CT molecular complexity index is 614. The lowest BCUT2D eigenvalue weighted by molar-refractivity contribution is 0.0952. The second kappa shape index (κ2) is 4.28. The van der Waals surface area contributed by atoms with Gasteiger partial charge in [0, 0.05) is 21.0 Å². The van der Waals surface area contributed by atoms with Crippen molar-refractivity contribution in [2.24, 2.45) is 0 Å². The van der Waals surface area contributed by atoms with Crippen LogP contribution in [0.1, 0.15) is 28.1 Å². The molecule has 0 unspecified atom stereocenters. The van der Waals surface area contributed by atoms with E-state index in [9.17, 15) is 4.79 Å². The van der Waals surface area contributed by atoms with E-state index in [0.29, 0.717) is 6.04 Å². The second-order valence-electron chi connectivity index (χ2n) is 4.64. The van der Waals surface area contributed by atoms with Crippen LogP contribution in [0.3, 0.4) is 0 Å². The fourth-order valence-electron chi connectivity index (χ4n) is 2.09. The molecule has 4 heteroatoms. The molecule has 0 bridgehead atoms. The molecule has 1 aromatic heterocycles. The molecule has 1 N–H and O–H groups in total. The van der Waals surface area contributed by atoms with Gasteiger partial charge in [-0.05, 0) is 38.0 Å². The van der Waals surface area contributed by atoms with Crippen LogP contribution in [0.5, 0.6) is 5.75 Å². The van der Waals surface area contributed by atoms with Crippen molar-refractivity contribution in [2.75, 3.05) is 7.11 Å². The third-order valence-electron chi connectivity index (χ3n) is 3.21. The maximum Gasteiger partial charge on any atom is 0.253 e. The molecule has 3 rings (SSSR count). The Hall–Kier alpha value is -1.55. The van der Waals surface area contributed by atoms with E-state index in [0.717, 1.165) is 39.1 Å². The van der Waals surface area contributed by atoms with Gasteiger partial charge in [0.05, 0.1) is 12.7 Å². The zero-order valence-corrected chi connectivity index (χ0v) is 11.3. The van der Waals surface area contributed by atoms with Gasteiger partial charge in [-0.15, -0.1) is 11.3 Å². The van der Waals surface area contributed by atoms with E-state index >= 15 is 0 Å². The Labute approximate surface area is 110 Å². The molecule has 1 aliphatic rings. The number of ether oxygens (including phenoxy) is 1. The van der Waals surface area contributed by atoms with Gasteiger partial charge < -0.3 is 10.1 Å². The highest BCUT2D eigenvalue weighted by Gasteiger charge is 2.26. The van der Waals surface area contributed by atoms with Crippen molar-refractivity contribution in [3.05, 3.63) is 28.6 Å². The van der Waals surface area contributed by atoms with Gasteiger partial charge in [-0.25, -0.2) is 0 Å². The number of nitrogens with one attached hydrogen (secondary N) is 1. The summed E-state index contributed by atoms with van der Waals surface area (Å²) in [7, 11) is 1.66. The first-order valence-corrected chi connectivity index (χ1v) is 6.88. The molecule has 1 aliphatic carbocycles. The van der Waals surface area contributed by atoms with Crippen molar-refractivity contribution >= 4 is 27.3 Å². The number of aryl methyl sites for hydroxylation is 1. The SMILES string of the molecule is COc1ccc2c(C(=O)NC3CC3)c(C)sc2c1. The number of thiophene rings is 1. The maximum absolute atomic E-state index is 12.2. The minimum atomic E-state index is 0.0615. The smallest absolute Gasteiger partial charge is 0.253 e. The van der Waals surface area contributed by atoms with Crippen LogP contribution in [0, 0.1) is 6.92 Å². The third kappa shape index (κ3) is 1.97. The van der Waals surface area contributed by atoms with Crippen LogP contribution >= 0.6 is 11.3 Å². The van der Waals surface area contributed by atoms with Gasteiger partial charge in [-0.1, -0.05) is 0 Å². The number of carbonyl (C=O) groups excluding carboxylic acids is 1. The molecule has 1 fully saturated rings. The number of benzene rings is 1. The lowest BCUT2D eigenvalue weighted by atomic mass is 10.1. The highest BCUT2D eigenvalue weighted by atomic mass is 32.1. The Morgan fingerprint density at radius 2 is 2.22 bits per heavy atom. The van der Waals surface area contributed by atoms with Crippen LogP contribution in [0.4, 0.5) is 0 Å². The van der Waals surface area contributed by atoms with Gasteiger partial charge in [0.1, 0.15) is 5.75 Å². The Kier molecular flexibility index (Phi) is 2.74. The van der Waals surface area contributed by atoms with Crippen LogP contribution in [-0.2, 0) is 0 Å². The molecule has 1 amide bonds. The topological polar surface area (TPSA) is 38.3 Å². The fourth-order valence-corrected chi connectivity index (χ4v) is 3.18. The Morgan fingerprint density at radius 1 is 1.44 bits per heavy atom. The maximum atomic E-state index is 12.2. The predicted octanol–water partition coefficient (Wildman–Crippen LogP) is 3.11. The van der Waals surface area contributed by atoms with Gasteiger partial charge in [-0.2, -0.15) is 0 Å². The largest absolute Gasteiger partial charge is 0.497 e. The average molecular weight is 261 g/mol. The molecule has 2 aromatic rings. The number of fused-ring (bicyclic) bond motifs is 1. The first kappa shape index (κ1) is 11.5. The summed E-state index contributed by atoms with van der Waals surface area (Å²) in [5.41, 5.74) is 0.824. The van der Waals surface area contributed by atoms with E-state index in [-0.39, 0.29) is 5.91 Å². The van der Waals surface area contributed by atoms with Crippen molar-refractivity contribution in [1.29, 1.82) is 0 Å². The minimum absolute atomic E-state index is 0.0615. The average Bonchev–Trinajstić information content (AvgIpc) is 3.08. The van der Waals surface area contributed by atoms with Crippen molar-refractivity contribution in [3.63, 3.8) is 0 Å². The van der Waals surface area contributed by atoms with Gasteiger partial charge in [-0.3, -0.25) is 4.79 Å². The molecular weight excluding hydrogens is 246 g/mol. The molecule has 18 heavy (non-hydrogen) atoms. The normalized spacial score (nSPS) is 14.8. The van der Waals surface area contributed by atoms with E-state index in [2.05, 4.69) is 5.32 Å². The van der Waals surface area contributed by atoms with Crippen LogP contribution in [0.15, 0.2) is 18.2 Å². The number of methoxy groups -OCH3 is 1. The van der Waals surface area contributed by atoms with Gasteiger partial charge >= 0.3 is 0 Å². The highest BCUT2D eigenvalue weighted by Crippen LogP contribution is 2.33. The summed E-state index contributed by atoms with van der Waals surface area (Å²) in [5.74, 6) is 0.893. The predicted molar refractivity (Wildman–Crippen MR) is 73.6 cm³/mol. The van der Waals surface area contributed by atoms with E-state index in [1.807, 2.05) is 25.1 Å². The summed E-state index contributed by atoms with van der Waals surface area (Å²) in [5, 5.41) is 4.08. The molecule has 1 heterocycles. The van der Waals surface area contributed by atoms with E-state index in [1.165, 1.54) is 0 Å². The summed E-state index contributed by atoms with van der Waals surface area (Å²) >= 11 is 1.64. The lowest BCUT2D eigenvalue weighted by Gasteiger charge is -2.04. The summed E-state index contributed by atoms with van der Waals surface area (Å²) in [6.45, 7) is 2.00. The number of hydrogen-bond donors (Lipinski definition) is 1. The standard InChI is InChI=1S/C14H15NO2S/c1-8-13(14(16)15-9-3-4-9)11-6-5-10(17-2)7-12(11)18-8/h5-7,9H,3-4H2,1-2H3,(H,15,16). The third-order valence-corrected chi connectivity index (χ3v) is 4.28. The van der Waals surface area contributed by atoms with Crippen molar-refractivity contribution in [2.45, 2.75) is 25.8 Å². The quantitative estimate of drug-likeness (QED) is 0.922. The van der Waals surface area contributed by atoms with Crippen molar-refractivity contribution in [1.82, 2.24) is 5.32 Å². The van der Waals surface area contributed by atoms with Crippen molar-refractivity contribution in [3.8, 4) is 5.75 Å². The molecule has 0 aliphatic heterocycles. The van der Waals surface area contributed by atoms with E-state index < -0.39 is 0 Å². The minimum Gasteiger partial charge on any atom is -0.497 e. The zero-order valence-electron chi connectivity index (χ0n) is 10.4. The zero-order chi connectivity index (χ0) is 12.7. The Morgan fingerprint density at radius 3 is 2.89 bits per heavy atom. The molecule has 0 saturated heterocycles. The van der Waals surface area contributed by atoms with Gasteiger partial charge in [0.2, 0.25) is 0 Å². The number of carbonyl (C=O) groups is 1. The summed E-state index contributed by atoms with van der Waals surface area (Å²) in [6.07, 6.45) is 2.22. The number of rotatable bonds is 3. The first-order chi connectivity index (χ1) is 8.69. The van der Waals surface area contributed by atoms with Crippen LogP contribution in [0.25, 0.3) is 10.1 Å². The Balaban J connectivity index is 2.04. The van der Waals surface area contributed by atoms with Gasteiger partial charge in [0.15, 0.2) is 0 Å². The number of hydrogen-bond acceptors (Lipinski definition) is 3. The molecule has 0 spiro atoms.